The summed E-state index contributed by atoms with van der Waals surface area (Å²) in [6, 6.07) is 0. The summed E-state index contributed by atoms with van der Waals surface area (Å²) in [6.07, 6.45) is 0. The second kappa shape index (κ2) is 20.2. The fourth-order valence-corrected chi connectivity index (χ4v) is 24.9. The first-order chi connectivity index (χ1) is 21.9. The average Bonchev–Trinajstić information content (AvgIpc) is 2.90. The van der Waals surface area contributed by atoms with Crippen molar-refractivity contribution in [1.29, 1.82) is 0 Å². The van der Waals surface area contributed by atoms with E-state index in [0.717, 1.165) is 0 Å². The molecule has 0 aliphatic carbocycles. The summed E-state index contributed by atoms with van der Waals surface area (Å²) in [5.41, 5.74) is 0. The Balaban J connectivity index is 6.88. The first-order valence-corrected chi connectivity index (χ1v) is 30.6. The zero-order chi connectivity index (χ0) is 38.9. The molecule has 0 saturated heterocycles. The SMILES string of the molecule is CN(C)P(C)(=N[PH](N=P(C)(C)C)(N=P(C)(N(C)C)N(C)C)N=P(NCCOCCOCCO[Si](C)(C)C(C)(C)C)(N(C)C)N(C)C)N(C)C. The predicted molar refractivity (Wildman–Crippen MR) is 230 cm³/mol. The van der Waals surface area contributed by atoms with Gasteiger partial charge in [-0.15, -0.1) is 0 Å². The van der Waals surface area contributed by atoms with Crippen molar-refractivity contribution in [1.82, 2.24) is 33.1 Å². The molecule has 14 nitrogen and oxygen atoms in total. The van der Waals surface area contributed by atoms with E-state index in [1.807, 2.05) is 0 Å². The van der Waals surface area contributed by atoms with E-state index in [9.17, 15) is 0 Å². The van der Waals surface area contributed by atoms with Crippen molar-refractivity contribution in [2.24, 2.45) is 18.1 Å². The van der Waals surface area contributed by atoms with Crippen molar-refractivity contribution < 1.29 is 13.9 Å². The van der Waals surface area contributed by atoms with Crippen molar-refractivity contribution in [3.63, 3.8) is 0 Å². The van der Waals surface area contributed by atoms with Crippen LogP contribution in [0.1, 0.15) is 20.8 Å². The van der Waals surface area contributed by atoms with Gasteiger partial charge in [-0.25, -0.2) is 0 Å². The third-order valence-electron chi connectivity index (χ3n) is 8.94. The van der Waals surface area contributed by atoms with Crippen LogP contribution in [0.3, 0.4) is 0 Å². The molecule has 0 radical (unpaired) electrons. The second-order valence-corrected chi connectivity index (χ2v) is 38.9. The molecular formula is C29H80N11O3P5Si. The van der Waals surface area contributed by atoms with Gasteiger partial charge in [0.2, 0.25) is 0 Å². The summed E-state index contributed by atoms with van der Waals surface area (Å²) in [7, 11) is 11.2. The molecule has 0 saturated carbocycles. The second-order valence-electron chi connectivity index (χ2n) is 16.1. The molecular weight excluding hydrogens is 733 g/mol. The molecule has 298 valence electrons. The van der Waals surface area contributed by atoms with Gasteiger partial charge in [-0.3, -0.25) is 0 Å². The fourth-order valence-electron chi connectivity index (χ4n) is 4.31. The number of nitrogens with zero attached hydrogens (tertiary/aromatic N) is 10. The van der Waals surface area contributed by atoms with E-state index in [4.69, 9.17) is 32.0 Å². The van der Waals surface area contributed by atoms with Crippen molar-refractivity contribution in [2.45, 2.75) is 38.9 Å². The topological polar surface area (TPSA) is 109 Å². The van der Waals surface area contributed by atoms with Gasteiger partial charge < -0.3 is 0 Å². The molecule has 0 aliphatic heterocycles. The van der Waals surface area contributed by atoms with Crippen molar-refractivity contribution >= 4 is 45.5 Å². The Hall–Kier alpha value is 1.17. The van der Waals surface area contributed by atoms with Crippen LogP contribution >= 0.6 is 37.1 Å². The van der Waals surface area contributed by atoms with Crippen LogP contribution in [-0.4, -0.2) is 194 Å². The van der Waals surface area contributed by atoms with Crippen LogP contribution in [0.25, 0.3) is 0 Å². The Kier molecular flexibility index (Phi) is 20.7. The molecule has 0 amide bonds. The van der Waals surface area contributed by atoms with Crippen molar-refractivity contribution in [2.75, 3.05) is 157 Å². The molecule has 0 aromatic heterocycles. The van der Waals surface area contributed by atoms with E-state index in [1.165, 1.54) is 0 Å². The summed E-state index contributed by atoms with van der Waals surface area (Å²) < 4.78 is 54.7. The predicted octanol–water partition coefficient (Wildman–Crippen LogP) is 7.77. The maximum absolute atomic E-state index is 6.23. The summed E-state index contributed by atoms with van der Waals surface area (Å²) >= 11 is 0. The Labute approximate surface area is 306 Å². The average molecular weight is 814 g/mol. The maximum atomic E-state index is 6.23. The Bertz CT molecular complexity index is 1160. The Morgan fingerprint density at radius 1 is 0.551 bits per heavy atom. The quantitative estimate of drug-likeness (QED) is 0.0702. The Morgan fingerprint density at radius 3 is 1.24 bits per heavy atom. The number of nitrogens with one attached hydrogen (secondary N) is 1. The molecule has 0 fully saturated rings. The fraction of sp³-hybridized carbons (Fsp3) is 1.00. The molecule has 0 heterocycles. The molecule has 0 rings (SSSR count). The molecule has 0 aromatic rings. The first-order valence-electron chi connectivity index (χ1n) is 17.0. The minimum atomic E-state index is -3.52. The number of rotatable bonds is 21. The van der Waals surface area contributed by atoms with Crippen molar-refractivity contribution in [3.8, 4) is 0 Å². The van der Waals surface area contributed by atoms with Gasteiger partial charge in [-0.1, -0.05) is 20.8 Å². The van der Waals surface area contributed by atoms with Gasteiger partial charge in [0.1, 0.15) is 0 Å². The molecule has 0 aliphatic rings. The zero-order valence-corrected chi connectivity index (χ0v) is 41.3. The van der Waals surface area contributed by atoms with E-state index >= 15 is 0 Å². The molecule has 0 aromatic carbocycles. The van der Waals surface area contributed by atoms with Gasteiger partial charge in [-0.2, -0.15) is 0 Å². The monoisotopic (exact) mass is 813 g/mol. The minimum absolute atomic E-state index is 0.193. The van der Waals surface area contributed by atoms with Crippen LogP contribution in [0.5, 0.6) is 0 Å². The van der Waals surface area contributed by atoms with Gasteiger partial charge >= 0.3 is 260 Å². The van der Waals surface area contributed by atoms with Crippen LogP contribution < -0.4 is 5.09 Å². The van der Waals surface area contributed by atoms with Crippen LogP contribution in [0, 0.1) is 0 Å². The molecule has 49 heavy (non-hydrogen) atoms. The number of ether oxygens (including phenoxy) is 2. The van der Waals surface area contributed by atoms with E-state index in [-0.39, 0.29) is 5.04 Å². The van der Waals surface area contributed by atoms with E-state index in [1.54, 1.807) is 0 Å². The van der Waals surface area contributed by atoms with Crippen LogP contribution in [0.4, 0.5) is 0 Å². The standard InChI is InChI=1S/C29H80N11O3P5Si/c1-29(2,3)49(21,22)43-28-27-42-26-25-41-24-23-30-48(39(12)13,40(14)15)34-47(31-44(16,17)18,32-45(19,35(4)5)36(6)7)33-46(20,37(8)9)38(10)11/h30,47H,23-28H2,1-22H3. The first kappa shape index (κ1) is 50.2. The third-order valence-corrected chi connectivity index (χ3v) is 33.3. The van der Waals surface area contributed by atoms with Gasteiger partial charge in [0.15, 0.2) is 8.32 Å². The molecule has 0 spiro atoms. The molecule has 20 heteroatoms. The Morgan fingerprint density at radius 2 is 0.918 bits per heavy atom. The third kappa shape index (κ3) is 15.1. The summed E-state index contributed by atoms with van der Waals surface area (Å²) in [5, 5.41) is 4.05. The summed E-state index contributed by atoms with van der Waals surface area (Å²) in [6.45, 7) is 25.9. The van der Waals surface area contributed by atoms with E-state index in [0.29, 0.717) is 39.6 Å². The molecule has 0 atom stereocenters. The van der Waals surface area contributed by atoms with Crippen molar-refractivity contribution in [3.05, 3.63) is 0 Å². The number of hydrogen-bond acceptors (Lipinski definition) is 7. The summed E-state index contributed by atoms with van der Waals surface area (Å²) in [4.78, 5) is 0. The van der Waals surface area contributed by atoms with Gasteiger partial charge in [-0.05, 0) is 18.1 Å². The van der Waals surface area contributed by atoms with Gasteiger partial charge in [0.05, 0.1) is 0 Å². The molecule has 1 N–H and O–H groups in total. The van der Waals surface area contributed by atoms with Crippen LogP contribution in [0.15, 0.2) is 18.1 Å². The van der Waals surface area contributed by atoms with E-state index < -0.39 is 45.5 Å². The zero-order valence-electron chi connectivity index (χ0n) is 35.7. The van der Waals surface area contributed by atoms with Crippen LogP contribution in [0.2, 0.25) is 18.1 Å². The van der Waals surface area contributed by atoms with Gasteiger partial charge in [0, 0.05) is 0 Å². The van der Waals surface area contributed by atoms with Crippen LogP contribution in [-0.2, 0) is 13.9 Å². The molecule has 0 unspecified atom stereocenters. The van der Waals surface area contributed by atoms with E-state index in [2.05, 4.69) is 185 Å². The normalized spacial score (nSPS) is 14.9. The van der Waals surface area contributed by atoms with Gasteiger partial charge in [0.25, 0.3) is 0 Å². The summed E-state index contributed by atoms with van der Waals surface area (Å²) in [5.74, 6) is 0. The number of hydrogen-bond donors (Lipinski definition) is 1. The molecule has 0 bridgehead atoms.